The van der Waals surface area contributed by atoms with E-state index >= 15 is 0 Å². The van der Waals surface area contributed by atoms with E-state index in [1.54, 1.807) is 42.5 Å². The number of nitrogens with one attached hydrogen (secondary N) is 1. The van der Waals surface area contributed by atoms with Crippen molar-refractivity contribution in [1.29, 1.82) is 0 Å². The van der Waals surface area contributed by atoms with Gasteiger partial charge < -0.3 is 9.15 Å². The third-order valence-electron chi connectivity index (χ3n) is 3.92. The molecule has 6 nitrogen and oxygen atoms in total. The van der Waals surface area contributed by atoms with Crippen LogP contribution in [0, 0.1) is 0 Å². The molecular weight excluding hydrogens is 413 g/mol. The Morgan fingerprint density at radius 3 is 2.45 bits per heavy atom. The highest BCUT2D eigenvalue weighted by Gasteiger charge is 2.17. The van der Waals surface area contributed by atoms with Crippen LogP contribution in [0.3, 0.4) is 0 Å². The Morgan fingerprint density at radius 2 is 1.66 bits per heavy atom. The van der Waals surface area contributed by atoms with Gasteiger partial charge >= 0.3 is 6.01 Å². The van der Waals surface area contributed by atoms with Gasteiger partial charge in [-0.15, -0.1) is 5.10 Å². The summed E-state index contributed by atoms with van der Waals surface area (Å²) in [6.45, 7) is 0. The molecule has 0 radical (unpaired) electrons. The van der Waals surface area contributed by atoms with Crippen LogP contribution >= 0.6 is 23.2 Å². The zero-order valence-corrected chi connectivity index (χ0v) is 16.3. The lowest BCUT2D eigenvalue weighted by Gasteiger charge is -2.10. The topological polar surface area (TPSA) is 77.3 Å². The summed E-state index contributed by atoms with van der Waals surface area (Å²) < 4.78 is 11.3. The third-order valence-corrected chi connectivity index (χ3v) is 4.66. The van der Waals surface area contributed by atoms with Crippen molar-refractivity contribution in [3.05, 3.63) is 88.4 Å². The number of benzene rings is 3. The number of ether oxygens (including phenoxy) is 1. The van der Waals surface area contributed by atoms with Crippen molar-refractivity contribution in [1.82, 2.24) is 10.2 Å². The number of hydrogen-bond donors (Lipinski definition) is 1. The van der Waals surface area contributed by atoms with Gasteiger partial charge in [0.25, 0.3) is 5.91 Å². The van der Waals surface area contributed by atoms with Crippen LogP contribution in [0.5, 0.6) is 11.5 Å². The van der Waals surface area contributed by atoms with Crippen LogP contribution < -0.4 is 10.1 Å². The highest BCUT2D eigenvalue weighted by atomic mass is 35.5. The highest BCUT2D eigenvalue weighted by Crippen LogP contribution is 2.31. The maximum Gasteiger partial charge on any atom is 0.322 e. The van der Waals surface area contributed by atoms with Crippen LogP contribution in [0.15, 0.2) is 77.2 Å². The van der Waals surface area contributed by atoms with Crippen LogP contribution in [-0.4, -0.2) is 16.1 Å². The molecule has 0 bridgehead atoms. The standard InChI is InChI=1S/C21H13Cl2N3O3/c22-16-11-10-14(12-17(16)23)28-18-9-5-4-8-15(18)19(27)24-21-26-25-20(29-21)13-6-2-1-3-7-13/h1-12H,(H,24,26,27). The molecular formula is C21H13Cl2N3O3. The van der Waals surface area contributed by atoms with Gasteiger partial charge in [0, 0.05) is 11.6 Å². The Kier molecular flexibility index (Phi) is 5.46. The van der Waals surface area contributed by atoms with Crippen molar-refractivity contribution in [3.63, 3.8) is 0 Å². The number of aromatic nitrogens is 2. The van der Waals surface area contributed by atoms with Gasteiger partial charge in [-0.25, -0.2) is 0 Å². The molecule has 0 saturated heterocycles. The second kappa shape index (κ2) is 8.34. The average Bonchev–Trinajstić information content (AvgIpc) is 3.20. The minimum Gasteiger partial charge on any atom is -0.456 e. The van der Waals surface area contributed by atoms with Crippen LogP contribution in [0.1, 0.15) is 10.4 Å². The average molecular weight is 426 g/mol. The predicted molar refractivity (Wildman–Crippen MR) is 111 cm³/mol. The molecule has 1 N–H and O–H groups in total. The molecule has 1 amide bonds. The van der Waals surface area contributed by atoms with Crippen molar-refractivity contribution in [2.24, 2.45) is 0 Å². The van der Waals surface area contributed by atoms with E-state index < -0.39 is 5.91 Å². The molecule has 8 heteroatoms. The fourth-order valence-corrected chi connectivity index (χ4v) is 2.83. The fourth-order valence-electron chi connectivity index (χ4n) is 2.55. The molecule has 0 aliphatic carbocycles. The Morgan fingerprint density at radius 1 is 0.897 bits per heavy atom. The van der Waals surface area contributed by atoms with E-state index in [9.17, 15) is 4.79 Å². The molecule has 4 rings (SSSR count). The van der Waals surface area contributed by atoms with Crippen molar-refractivity contribution in [2.75, 3.05) is 5.32 Å². The van der Waals surface area contributed by atoms with Crippen molar-refractivity contribution < 1.29 is 13.9 Å². The van der Waals surface area contributed by atoms with Crippen molar-refractivity contribution >= 4 is 35.1 Å². The number of para-hydroxylation sites is 1. The summed E-state index contributed by atoms with van der Waals surface area (Å²) in [5.41, 5.74) is 1.04. The SMILES string of the molecule is O=C(Nc1nnc(-c2ccccc2)o1)c1ccccc1Oc1ccc(Cl)c(Cl)c1. The lowest BCUT2D eigenvalue weighted by Crippen LogP contribution is -2.13. The van der Waals surface area contributed by atoms with E-state index in [4.69, 9.17) is 32.4 Å². The van der Waals surface area contributed by atoms with Gasteiger partial charge in [-0.2, -0.15) is 0 Å². The molecule has 0 fully saturated rings. The predicted octanol–water partition coefficient (Wildman–Crippen LogP) is 6.09. The first-order valence-corrected chi connectivity index (χ1v) is 9.28. The molecule has 0 aliphatic heterocycles. The molecule has 1 heterocycles. The number of hydrogen-bond acceptors (Lipinski definition) is 5. The van der Waals surface area contributed by atoms with Crippen molar-refractivity contribution in [2.45, 2.75) is 0 Å². The molecule has 0 saturated carbocycles. The lowest BCUT2D eigenvalue weighted by molar-refractivity contribution is 0.102. The van der Waals surface area contributed by atoms with Crippen LogP contribution in [0.2, 0.25) is 10.0 Å². The molecule has 0 atom stereocenters. The summed E-state index contributed by atoms with van der Waals surface area (Å²) in [6.07, 6.45) is 0. The molecule has 0 aliphatic rings. The minimum absolute atomic E-state index is 0.0156. The minimum atomic E-state index is -0.455. The number of amides is 1. The van der Waals surface area contributed by atoms with Gasteiger partial charge in [-0.05, 0) is 36.4 Å². The fraction of sp³-hybridized carbons (Fsp3) is 0. The first-order chi connectivity index (χ1) is 14.1. The van der Waals surface area contributed by atoms with E-state index in [-0.39, 0.29) is 11.6 Å². The van der Waals surface area contributed by atoms with Gasteiger partial charge in [0.2, 0.25) is 5.89 Å². The Bertz CT molecular complexity index is 1160. The summed E-state index contributed by atoms with van der Waals surface area (Å²) in [7, 11) is 0. The molecule has 144 valence electrons. The first kappa shape index (κ1) is 19.0. The first-order valence-electron chi connectivity index (χ1n) is 8.52. The molecule has 1 aromatic heterocycles. The van der Waals surface area contributed by atoms with Gasteiger partial charge in [-0.3, -0.25) is 10.1 Å². The quantitative estimate of drug-likeness (QED) is 0.418. The highest BCUT2D eigenvalue weighted by molar-refractivity contribution is 6.42. The van der Waals surface area contributed by atoms with Crippen LogP contribution in [0.25, 0.3) is 11.5 Å². The summed E-state index contributed by atoms with van der Waals surface area (Å²) in [5.74, 6) is 0.639. The van der Waals surface area contributed by atoms with E-state index in [0.717, 1.165) is 5.56 Å². The number of carbonyl (C=O) groups excluding carboxylic acids is 1. The maximum atomic E-state index is 12.7. The summed E-state index contributed by atoms with van der Waals surface area (Å²) in [4.78, 5) is 12.7. The van der Waals surface area contributed by atoms with E-state index in [0.29, 0.717) is 27.4 Å². The number of rotatable bonds is 5. The zero-order valence-electron chi connectivity index (χ0n) is 14.8. The normalized spacial score (nSPS) is 10.6. The summed E-state index contributed by atoms with van der Waals surface area (Å²) in [5, 5.41) is 11.2. The number of nitrogens with zero attached hydrogens (tertiary/aromatic N) is 2. The molecule has 0 unspecified atom stereocenters. The Balaban J connectivity index is 1.54. The number of carbonyl (C=O) groups is 1. The molecule has 4 aromatic rings. The monoisotopic (exact) mass is 425 g/mol. The van der Waals surface area contributed by atoms with Gasteiger partial charge in [0.15, 0.2) is 0 Å². The summed E-state index contributed by atoms with van der Waals surface area (Å²) in [6, 6.07) is 20.9. The number of anilines is 1. The van der Waals surface area contributed by atoms with E-state index in [1.807, 2.05) is 30.3 Å². The molecule has 0 spiro atoms. The maximum absolute atomic E-state index is 12.7. The van der Waals surface area contributed by atoms with Crippen molar-refractivity contribution in [3.8, 4) is 23.0 Å². The van der Waals surface area contributed by atoms with E-state index in [2.05, 4.69) is 15.5 Å². The van der Waals surface area contributed by atoms with Crippen LogP contribution in [-0.2, 0) is 0 Å². The Labute approximate surface area is 176 Å². The van der Waals surface area contributed by atoms with E-state index in [1.165, 1.54) is 0 Å². The lowest BCUT2D eigenvalue weighted by atomic mass is 10.2. The zero-order chi connectivity index (χ0) is 20.2. The second-order valence-electron chi connectivity index (χ2n) is 5.91. The van der Waals surface area contributed by atoms with Gasteiger partial charge in [0.05, 0.1) is 15.6 Å². The summed E-state index contributed by atoms with van der Waals surface area (Å²) >= 11 is 12.0. The van der Waals surface area contributed by atoms with Gasteiger partial charge in [-0.1, -0.05) is 58.6 Å². The second-order valence-corrected chi connectivity index (χ2v) is 6.72. The van der Waals surface area contributed by atoms with Gasteiger partial charge in [0.1, 0.15) is 11.5 Å². The molecule has 3 aromatic carbocycles. The Hall–Kier alpha value is -3.35. The molecule has 29 heavy (non-hydrogen) atoms. The largest absolute Gasteiger partial charge is 0.456 e. The smallest absolute Gasteiger partial charge is 0.322 e. The van der Waals surface area contributed by atoms with Crippen LogP contribution in [0.4, 0.5) is 6.01 Å². The third kappa shape index (κ3) is 4.39. The number of halogens is 2.